The van der Waals surface area contributed by atoms with Gasteiger partial charge in [0.05, 0.1) is 18.0 Å². The number of carbonyl (C=O) groups excluding carboxylic acids is 1. The highest BCUT2D eigenvalue weighted by Gasteiger charge is 2.19. The summed E-state index contributed by atoms with van der Waals surface area (Å²) in [5, 5.41) is 14.5. The molecule has 0 bridgehead atoms. The summed E-state index contributed by atoms with van der Waals surface area (Å²) >= 11 is 1.21. The fourth-order valence-corrected chi connectivity index (χ4v) is 2.74. The Kier molecular flexibility index (Phi) is 5.27. The molecule has 1 N–H and O–H groups in total. The number of amides is 1. The van der Waals surface area contributed by atoms with Crippen LogP contribution in [0.1, 0.15) is 12.5 Å². The number of aromatic nitrogens is 1. The van der Waals surface area contributed by atoms with E-state index < -0.39 is 5.25 Å². The number of thioether (sulfide) groups is 1. The molecular formula is C16H18N2O3S. The number of nitrogens with one attached hydrogen (secondary N) is 1. The summed E-state index contributed by atoms with van der Waals surface area (Å²) < 4.78 is 5.99. The third-order valence-electron chi connectivity index (χ3n) is 3.07. The number of carbonyl (C=O) groups is 1. The Labute approximate surface area is 133 Å². The van der Waals surface area contributed by atoms with Crippen LogP contribution in [0.25, 0.3) is 0 Å². The molecule has 1 aromatic carbocycles. The summed E-state index contributed by atoms with van der Waals surface area (Å²) in [4.78, 5) is 12.3. The maximum Gasteiger partial charge on any atom is 0.252 e. The molecule has 116 valence electrons. The number of methoxy groups -OCH3 is 1. The molecule has 0 aliphatic rings. The minimum atomic E-state index is -0.409. The van der Waals surface area contributed by atoms with Crippen LogP contribution in [-0.2, 0) is 4.79 Å². The summed E-state index contributed by atoms with van der Waals surface area (Å²) in [6, 6.07) is 10.7. The topological polar surface area (TPSA) is 65.3 Å². The first-order chi connectivity index (χ1) is 10.5. The lowest BCUT2D eigenvalue weighted by atomic mass is 10.2. The molecule has 0 fully saturated rings. The van der Waals surface area contributed by atoms with E-state index in [1.165, 1.54) is 18.0 Å². The van der Waals surface area contributed by atoms with Crippen molar-refractivity contribution in [1.82, 2.24) is 0 Å². The zero-order valence-corrected chi connectivity index (χ0v) is 13.5. The Morgan fingerprint density at radius 3 is 2.82 bits per heavy atom. The van der Waals surface area contributed by atoms with E-state index in [0.717, 1.165) is 10.3 Å². The van der Waals surface area contributed by atoms with Crippen LogP contribution < -0.4 is 14.8 Å². The molecule has 6 heteroatoms. The number of pyridine rings is 1. The van der Waals surface area contributed by atoms with Crippen molar-refractivity contribution in [2.24, 2.45) is 0 Å². The SMILES string of the molecule is COc1ccc(C)cc1NC(=O)[C@@H](C)Sc1cccc[n+]1[O-]. The molecule has 1 aromatic heterocycles. The number of rotatable bonds is 5. The summed E-state index contributed by atoms with van der Waals surface area (Å²) in [6.45, 7) is 3.70. The predicted octanol–water partition coefficient (Wildman–Crippen LogP) is 2.76. The number of anilines is 1. The number of hydrogen-bond donors (Lipinski definition) is 1. The van der Waals surface area contributed by atoms with Gasteiger partial charge in [-0.3, -0.25) is 4.79 Å². The molecule has 2 rings (SSSR count). The van der Waals surface area contributed by atoms with E-state index in [1.54, 1.807) is 32.2 Å². The Morgan fingerprint density at radius 2 is 2.14 bits per heavy atom. The van der Waals surface area contributed by atoms with Crippen LogP contribution in [0.2, 0.25) is 0 Å². The van der Waals surface area contributed by atoms with Crippen molar-refractivity contribution < 1.29 is 14.3 Å². The van der Waals surface area contributed by atoms with Gasteiger partial charge in [0.25, 0.3) is 5.03 Å². The molecule has 0 aliphatic carbocycles. The maximum atomic E-state index is 12.3. The first-order valence-corrected chi connectivity index (χ1v) is 7.69. The highest BCUT2D eigenvalue weighted by atomic mass is 32.2. The quantitative estimate of drug-likeness (QED) is 0.523. The fraction of sp³-hybridized carbons (Fsp3) is 0.250. The number of benzene rings is 1. The van der Waals surface area contributed by atoms with Gasteiger partial charge < -0.3 is 15.3 Å². The van der Waals surface area contributed by atoms with Crippen LogP contribution >= 0.6 is 11.8 Å². The standard InChI is InChI=1S/C16H18N2O3S/c1-11-7-8-14(21-3)13(10-11)17-16(19)12(2)22-15-6-4-5-9-18(15)20/h4-10,12H,1-3H3,(H,17,19)/t12-/m1/s1. The molecule has 0 unspecified atom stereocenters. The van der Waals surface area contributed by atoms with Crippen molar-refractivity contribution in [3.63, 3.8) is 0 Å². The van der Waals surface area contributed by atoms with Crippen LogP contribution in [-0.4, -0.2) is 18.3 Å². The third kappa shape index (κ3) is 3.92. The molecule has 0 saturated carbocycles. The Hall–Kier alpha value is -2.21. The van der Waals surface area contributed by atoms with Gasteiger partial charge in [-0.05, 0) is 49.4 Å². The summed E-state index contributed by atoms with van der Waals surface area (Å²) in [7, 11) is 1.56. The lowest BCUT2D eigenvalue weighted by Gasteiger charge is -2.14. The van der Waals surface area contributed by atoms with Crippen LogP contribution in [0.5, 0.6) is 5.75 Å². The van der Waals surface area contributed by atoms with Crippen molar-refractivity contribution in [2.75, 3.05) is 12.4 Å². The van der Waals surface area contributed by atoms with E-state index in [2.05, 4.69) is 5.32 Å². The first-order valence-electron chi connectivity index (χ1n) is 6.81. The van der Waals surface area contributed by atoms with Gasteiger partial charge in [-0.15, -0.1) is 0 Å². The average molecular weight is 318 g/mol. The van der Waals surface area contributed by atoms with E-state index in [9.17, 15) is 10.0 Å². The monoisotopic (exact) mass is 318 g/mol. The van der Waals surface area contributed by atoms with Gasteiger partial charge in [0, 0.05) is 12.1 Å². The van der Waals surface area contributed by atoms with E-state index in [0.29, 0.717) is 16.5 Å². The normalized spacial score (nSPS) is 11.8. The molecule has 1 amide bonds. The van der Waals surface area contributed by atoms with Crippen molar-refractivity contribution in [3.05, 3.63) is 53.4 Å². The largest absolute Gasteiger partial charge is 0.618 e. The third-order valence-corrected chi connectivity index (χ3v) is 4.19. The fourth-order valence-electron chi connectivity index (χ4n) is 1.89. The second-order valence-electron chi connectivity index (χ2n) is 4.82. The van der Waals surface area contributed by atoms with Gasteiger partial charge in [0.2, 0.25) is 5.91 Å². The molecule has 0 spiro atoms. The summed E-state index contributed by atoms with van der Waals surface area (Å²) in [6.07, 6.45) is 1.41. The minimum absolute atomic E-state index is 0.183. The maximum absolute atomic E-state index is 12.3. The Bertz CT molecular complexity index is 676. The summed E-state index contributed by atoms with van der Waals surface area (Å²) in [5.74, 6) is 0.424. The molecule has 0 radical (unpaired) electrons. The van der Waals surface area contributed by atoms with Gasteiger partial charge in [-0.25, -0.2) is 0 Å². The number of ether oxygens (including phenoxy) is 1. The minimum Gasteiger partial charge on any atom is -0.618 e. The van der Waals surface area contributed by atoms with E-state index in [-0.39, 0.29) is 5.91 Å². The molecule has 2 aromatic rings. The highest BCUT2D eigenvalue weighted by molar-refractivity contribution is 8.00. The number of nitrogens with zero attached hydrogens (tertiary/aromatic N) is 1. The lowest BCUT2D eigenvalue weighted by molar-refractivity contribution is -0.645. The highest BCUT2D eigenvalue weighted by Crippen LogP contribution is 2.27. The van der Waals surface area contributed by atoms with Crippen molar-refractivity contribution >= 4 is 23.4 Å². The van der Waals surface area contributed by atoms with Gasteiger partial charge in [0.15, 0.2) is 6.20 Å². The predicted molar refractivity (Wildman–Crippen MR) is 87.1 cm³/mol. The molecule has 1 atom stereocenters. The average Bonchev–Trinajstić information content (AvgIpc) is 2.49. The number of aryl methyl sites for hydroxylation is 1. The van der Waals surface area contributed by atoms with E-state index >= 15 is 0 Å². The second-order valence-corrected chi connectivity index (χ2v) is 6.18. The van der Waals surface area contributed by atoms with Crippen LogP contribution in [0.15, 0.2) is 47.6 Å². The lowest BCUT2D eigenvalue weighted by Crippen LogP contribution is -2.30. The van der Waals surface area contributed by atoms with Crippen molar-refractivity contribution in [1.29, 1.82) is 0 Å². The molecule has 22 heavy (non-hydrogen) atoms. The molecule has 1 heterocycles. The zero-order chi connectivity index (χ0) is 16.1. The zero-order valence-electron chi connectivity index (χ0n) is 12.7. The first kappa shape index (κ1) is 16.2. The second kappa shape index (κ2) is 7.17. The smallest absolute Gasteiger partial charge is 0.252 e. The summed E-state index contributed by atoms with van der Waals surface area (Å²) in [5.41, 5.74) is 1.65. The number of hydrogen-bond acceptors (Lipinski definition) is 4. The van der Waals surface area contributed by atoms with Gasteiger partial charge in [-0.2, -0.15) is 4.73 Å². The van der Waals surface area contributed by atoms with Crippen molar-refractivity contribution in [3.8, 4) is 5.75 Å². The van der Waals surface area contributed by atoms with Gasteiger partial charge in [0.1, 0.15) is 5.75 Å². The Balaban J connectivity index is 2.09. The van der Waals surface area contributed by atoms with Crippen LogP contribution in [0, 0.1) is 12.1 Å². The van der Waals surface area contributed by atoms with Crippen LogP contribution in [0.3, 0.4) is 0 Å². The molecular weight excluding hydrogens is 300 g/mol. The van der Waals surface area contributed by atoms with Gasteiger partial charge in [-0.1, -0.05) is 6.07 Å². The molecule has 0 saturated heterocycles. The van der Waals surface area contributed by atoms with E-state index in [1.807, 2.05) is 25.1 Å². The van der Waals surface area contributed by atoms with Crippen LogP contribution in [0.4, 0.5) is 5.69 Å². The van der Waals surface area contributed by atoms with E-state index in [4.69, 9.17) is 4.74 Å². The van der Waals surface area contributed by atoms with Gasteiger partial charge >= 0.3 is 0 Å². The molecule has 5 nitrogen and oxygen atoms in total. The van der Waals surface area contributed by atoms with Crippen molar-refractivity contribution in [2.45, 2.75) is 24.1 Å². The molecule has 0 aliphatic heterocycles. The Morgan fingerprint density at radius 1 is 1.36 bits per heavy atom.